The van der Waals surface area contributed by atoms with Gasteiger partial charge in [0.15, 0.2) is 11.5 Å². The van der Waals surface area contributed by atoms with Crippen molar-refractivity contribution < 1.29 is 28.9 Å². The van der Waals surface area contributed by atoms with Gasteiger partial charge in [-0.2, -0.15) is 0 Å². The van der Waals surface area contributed by atoms with E-state index < -0.39 is 17.7 Å². The van der Waals surface area contributed by atoms with Crippen LogP contribution in [0.5, 0.6) is 11.5 Å². The van der Waals surface area contributed by atoms with Gasteiger partial charge in [0.25, 0.3) is 11.7 Å². The molecule has 0 aliphatic carbocycles. The Bertz CT molecular complexity index is 1160. The molecule has 2 saturated heterocycles. The number of likely N-dealkylation sites (tertiary alicyclic amines) is 1. The molecule has 8 nitrogen and oxygen atoms in total. The van der Waals surface area contributed by atoms with Gasteiger partial charge in [0.2, 0.25) is 0 Å². The zero-order valence-electron chi connectivity index (χ0n) is 19.2. The average molecular weight is 499 g/mol. The molecule has 9 heteroatoms. The highest BCUT2D eigenvalue weighted by atomic mass is 35.5. The Hall–Kier alpha value is -3.07. The van der Waals surface area contributed by atoms with Crippen LogP contribution in [-0.2, 0) is 14.3 Å². The van der Waals surface area contributed by atoms with Gasteiger partial charge >= 0.3 is 0 Å². The van der Waals surface area contributed by atoms with Crippen molar-refractivity contribution in [2.24, 2.45) is 0 Å². The largest absolute Gasteiger partial charge is 0.507 e. The number of halogens is 1. The quantitative estimate of drug-likeness (QED) is 0.371. The third-order valence-corrected chi connectivity index (χ3v) is 6.73. The molecule has 1 atom stereocenters. The number of amides is 1. The van der Waals surface area contributed by atoms with Gasteiger partial charge in [-0.3, -0.25) is 14.5 Å². The van der Waals surface area contributed by atoms with E-state index in [1.807, 2.05) is 6.07 Å². The zero-order chi connectivity index (χ0) is 24.4. The fourth-order valence-corrected chi connectivity index (χ4v) is 4.97. The normalized spacial score (nSPS) is 22.0. The standard InChI is InChI=1S/C26H27ClN2O6/c27-19-4-1-3-17(15-19)23-22(24(30)18-5-6-20-21(16-18)35-14-13-34-20)25(31)26(32)29(23)8-2-7-28-9-11-33-12-10-28/h1,3-6,15-16,23,30H,2,7-14H2/t23-/m0/s1. The smallest absolute Gasteiger partial charge is 0.295 e. The summed E-state index contributed by atoms with van der Waals surface area (Å²) in [7, 11) is 0. The third-order valence-electron chi connectivity index (χ3n) is 6.50. The van der Waals surface area contributed by atoms with Crippen molar-refractivity contribution in [2.75, 3.05) is 52.6 Å². The fraction of sp³-hybridized carbons (Fsp3) is 0.385. The molecule has 2 fully saturated rings. The first kappa shape index (κ1) is 23.7. The number of ketones is 1. The van der Waals surface area contributed by atoms with Crippen LogP contribution < -0.4 is 9.47 Å². The van der Waals surface area contributed by atoms with E-state index in [1.165, 1.54) is 4.90 Å². The monoisotopic (exact) mass is 498 g/mol. The number of aliphatic hydroxyl groups excluding tert-OH is 1. The van der Waals surface area contributed by atoms with Gasteiger partial charge in [-0.05, 0) is 42.3 Å². The maximum atomic E-state index is 13.2. The lowest BCUT2D eigenvalue weighted by atomic mass is 9.95. The Balaban J connectivity index is 1.48. The second-order valence-electron chi connectivity index (χ2n) is 8.71. The van der Waals surface area contributed by atoms with E-state index in [1.54, 1.807) is 36.4 Å². The van der Waals surface area contributed by atoms with Crippen LogP contribution in [0, 0.1) is 0 Å². The summed E-state index contributed by atoms with van der Waals surface area (Å²) in [5, 5.41) is 11.8. The molecule has 0 spiro atoms. The third kappa shape index (κ3) is 4.87. The van der Waals surface area contributed by atoms with Crippen molar-refractivity contribution >= 4 is 29.1 Å². The van der Waals surface area contributed by atoms with Crippen molar-refractivity contribution in [1.29, 1.82) is 0 Å². The Labute approximate surface area is 208 Å². The molecule has 35 heavy (non-hydrogen) atoms. The van der Waals surface area contributed by atoms with Crippen molar-refractivity contribution in [3.63, 3.8) is 0 Å². The molecular formula is C26H27ClN2O6. The van der Waals surface area contributed by atoms with Crippen molar-refractivity contribution in [2.45, 2.75) is 12.5 Å². The maximum absolute atomic E-state index is 13.2. The van der Waals surface area contributed by atoms with Crippen LogP contribution in [-0.4, -0.2) is 79.2 Å². The zero-order valence-corrected chi connectivity index (χ0v) is 20.0. The average Bonchev–Trinajstić information content (AvgIpc) is 3.13. The number of morpholine rings is 1. The van der Waals surface area contributed by atoms with Gasteiger partial charge in [0.1, 0.15) is 19.0 Å². The minimum Gasteiger partial charge on any atom is -0.507 e. The van der Waals surface area contributed by atoms with Gasteiger partial charge in [0, 0.05) is 36.8 Å². The van der Waals surface area contributed by atoms with Crippen LogP contribution in [0.4, 0.5) is 0 Å². The summed E-state index contributed by atoms with van der Waals surface area (Å²) in [4.78, 5) is 30.2. The molecule has 3 heterocycles. The van der Waals surface area contributed by atoms with Crippen molar-refractivity contribution in [3.05, 3.63) is 64.2 Å². The summed E-state index contributed by atoms with van der Waals surface area (Å²) >= 11 is 6.26. The molecule has 3 aliphatic rings. The molecule has 1 amide bonds. The van der Waals surface area contributed by atoms with E-state index in [9.17, 15) is 14.7 Å². The first-order valence-electron chi connectivity index (χ1n) is 11.8. The molecule has 2 aromatic rings. The predicted molar refractivity (Wildman–Crippen MR) is 130 cm³/mol. The number of rotatable bonds is 6. The summed E-state index contributed by atoms with van der Waals surface area (Å²) in [6.07, 6.45) is 0.689. The predicted octanol–water partition coefficient (Wildman–Crippen LogP) is 3.26. The van der Waals surface area contributed by atoms with E-state index in [0.717, 1.165) is 19.6 Å². The van der Waals surface area contributed by atoms with E-state index in [0.29, 0.717) is 67.0 Å². The molecule has 0 aromatic heterocycles. The lowest BCUT2D eigenvalue weighted by molar-refractivity contribution is -0.140. The van der Waals surface area contributed by atoms with Crippen molar-refractivity contribution in [1.82, 2.24) is 9.80 Å². The van der Waals surface area contributed by atoms with E-state index in [4.69, 9.17) is 25.8 Å². The number of hydrogen-bond donors (Lipinski definition) is 1. The molecule has 0 unspecified atom stereocenters. The number of benzene rings is 2. The number of nitrogens with zero attached hydrogens (tertiary/aromatic N) is 2. The Morgan fingerprint density at radius 2 is 1.74 bits per heavy atom. The summed E-state index contributed by atoms with van der Waals surface area (Å²) in [6, 6.07) is 11.3. The molecule has 3 aliphatic heterocycles. The van der Waals surface area contributed by atoms with E-state index >= 15 is 0 Å². The highest BCUT2D eigenvalue weighted by molar-refractivity contribution is 6.46. The van der Waals surface area contributed by atoms with Crippen LogP contribution >= 0.6 is 11.6 Å². The van der Waals surface area contributed by atoms with Gasteiger partial charge in [-0.1, -0.05) is 23.7 Å². The Kier molecular flexibility index (Phi) is 6.95. The second-order valence-corrected chi connectivity index (χ2v) is 9.15. The molecule has 184 valence electrons. The Morgan fingerprint density at radius 1 is 0.971 bits per heavy atom. The molecule has 0 radical (unpaired) electrons. The molecule has 1 N–H and O–H groups in total. The number of carbonyl (C=O) groups excluding carboxylic acids is 2. The van der Waals surface area contributed by atoms with Crippen LogP contribution in [0.3, 0.4) is 0 Å². The summed E-state index contributed by atoms with van der Waals surface area (Å²) in [5.74, 6) is -0.534. The Morgan fingerprint density at radius 3 is 2.51 bits per heavy atom. The van der Waals surface area contributed by atoms with E-state index in [2.05, 4.69) is 4.90 Å². The highest BCUT2D eigenvalue weighted by Crippen LogP contribution is 2.41. The van der Waals surface area contributed by atoms with E-state index in [-0.39, 0.29) is 11.3 Å². The molecule has 5 rings (SSSR count). The lowest BCUT2D eigenvalue weighted by Crippen LogP contribution is -2.38. The second kappa shape index (κ2) is 10.3. The number of Topliss-reactive ketones (excluding diaryl/α,β-unsaturated/α-hetero) is 1. The van der Waals surface area contributed by atoms with Gasteiger partial charge in [-0.15, -0.1) is 0 Å². The SMILES string of the molecule is O=C1C(=O)N(CCCN2CCOCC2)[C@@H](c2cccc(Cl)c2)C1=C(O)c1ccc2c(c1)OCCO2. The van der Waals surface area contributed by atoms with Crippen LogP contribution in [0.15, 0.2) is 48.0 Å². The fourth-order valence-electron chi connectivity index (χ4n) is 4.77. The maximum Gasteiger partial charge on any atom is 0.295 e. The first-order valence-corrected chi connectivity index (χ1v) is 12.1. The lowest BCUT2D eigenvalue weighted by Gasteiger charge is -2.29. The number of carbonyl (C=O) groups is 2. The summed E-state index contributed by atoms with van der Waals surface area (Å²) in [6.45, 7) is 5.09. The van der Waals surface area contributed by atoms with Gasteiger partial charge in [-0.25, -0.2) is 0 Å². The van der Waals surface area contributed by atoms with Crippen molar-refractivity contribution in [3.8, 4) is 11.5 Å². The number of fused-ring (bicyclic) bond motifs is 1. The summed E-state index contributed by atoms with van der Waals surface area (Å²) in [5.41, 5.74) is 1.09. The first-order chi connectivity index (χ1) is 17.0. The molecule has 2 aromatic carbocycles. The summed E-state index contributed by atoms with van der Waals surface area (Å²) < 4.78 is 16.6. The molecule has 0 saturated carbocycles. The highest BCUT2D eigenvalue weighted by Gasteiger charge is 2.46. The molecule has 0 bridgehead atoms. The minimum atomic E-state index is -0.744. The number of aliphatic hydroxyl groups is 1. The number of ether oxygens (including phenoxy) is 3. The number of hydrogen-bond acceptors (Lipinski definition) is 7. The topological polar surface area (TPSA) is 88.5 Å². The minimum absolute atomic E-state index is 0.0420. The van der Waals surface area contributed by atoms with Crippen LogP contribution in [0.25, 0.3) is 5.76 Å². The van der Waals surface area contributed by atoms with Crippen LogP contribution in [0.2, 0.25) is 5.02 Å². The van der Waals surface area contributed by atoms with Gasteiger partial charge in [0.05, 0.1) is 24.8 Å². The van der Waals surface area contributed by atoms with Gasteiger partial charge < -0.3 is 24.2 Å². The van der Waals surface area contributed by atoms with Crippen LogP contribution in [0.1, 0.15) is 23.6 Å². The molecular weight excluding hydrogens is 472 g/mol.